The Balaban J connectivity index is 1.89. The molecule has 0 aliphatic heterocycles. The molecule has 0 saturated heterocycles. The van der Waals surface area contributed by atoms with Gasteiger partial charge in [-0.2, -0.15) is 0 Å². The van der Waals surface area contributed by atoms with Crippen LogP contribution in [0, 0.1) is 6.92 Å². The SMILES string of the molecule is CSc1ccccc1C(=O)NC(C)COc1ccc(C)cc1. The molecule has 0 radical (unpaired) electrons. The van der Waals surface area contributed by atoms with Gasteiger partial charge < -0.3 is 10.1 Å². The molecule has 2 rings (SSSR count). The number of nitrogens with one attached hydrogen (secondary N) is 1. The maximum absolute atomic E-state index is 12.3. The average molecular weight is 315 g/mol. The van der Waals surface area contributed by atoms with Crippen LogP contribution in [0.4, 0.5) is 0 Å². The number of benzene rings is 2. The molecule has 4 heteroatoms. The molecule has 0 fully saturated rings. The number of hydrogen-bond acceptors (Lipinski definition) is 3. The molecule has 0 aromatic heterocycles. The number of hydrogen-bond donors (Lipinski definition) is 1. The largest absolute Gasteiger partial charge is 0.491 e. The minimum absolute atomic E-state index is 0.0649. The van der Waals surface area contributed by atoms with E-state index >= 15 is 0 Å². The fourth-order valence-corrected chi connectivity index (χ4v) is 2.63. The van der Waals surface area contributed by atoms with Crippen LogP contribution in [0.1, 0.15) is 22.8 Å². The zero-order chi connectivity index (χ0) is 15.9. The zero-order valence-electron chi connectivity index (χ0n) is 13.1. The second-order valence-electron chi connectivity index (χ2n) is 5.20. The third kappa shape index (κ3) is 4.53. The Labute approximate surface area is 136 Å². The van der Waals surface area contributed by atoms with Gasteiger partial charge in [-0.25, -0.2) is 0 Å². The van der Waals surface area contributed by atoms with Crippen molar-refractivity contribution in [1.82, 2.24) is 5.32 Å². The van der Waals surface area contributed by atoms with Crippen molar-refractivity contribution < 1.29 is 9.53 Å². The number of amides is 1. The summed E-state index contributed by atoms with van der Waals surface area (Å²) in [4.78, 5) is 13.3. The number of ether oxygens (including phenoxy) is 1. The Morgan fingerprint density at radius 2 is 1.86 bits per heavy atom. The maximum Gasteiger partial charge on any atom is 0.252 e. The van der Waals surface area contributed by atoms with Crippen molar-refractivity contribution in [3.63, 3.8) is 0 Å². The Kier molecular flexibility index (Phi) is 5.90. The molecule has 3 nitrogen and oxygen atoms in total. The first-order valence-electron chi connectivity index (χ1n) is 7.23. The number of aryl methyl sites for hydroxylation is 1. The van der Waals surface area contributed by atoms with Gasteiger partial charge in [0.2, 0.25) is 0 Å². The molecule has 116 valence electrons. The third-order valence-corrected chi connectivity index (χ3v) is 4.05. The minimum atomic E-state index is -0.0660. The minimum Gasteiger partial charge on any atom is -0.491 e. The molecule has 0 saturated carbocycles. The normalized spacial score (nSPS) is 11.8. The monoisotopic (exact) mass is 315 g/mol. The highest BCUT2D eigenvalue weighted by atomic mass is 32.2. The second kappa shape index (κ2) is 7.90. The van der Waals surface area contributed by atoms with Gasteiger partial charge >= 0.3 is 0 Å². The number of carbonyl (C=O) groups excluding carboxylic acids is 1. The first-order valence-corrected chi connectivity index (χ1v) is 8.46. The Hall–Kier alpha value is -1.94. The van der Waals surface area contributed by atoms with Crippen molar-refractivity contribution in [1.29, 1.82) is 0 Å². The summed E-state index contributed by atoms with van der Waals surface area (Å²) in [7, 11) is 0. The van der Waals surface area contributed by atoms with E-state index < -0.39 is 0 Å². The van der Waals surface area contributed by atoms with E-state index in [0.717, 1.165) is 10.6 Å². The van der Waals surface area contributed by atoms with Gasteiger partial charge in [0.25, 0.3) is 5.91 Å². The van der Waals surface area contributed by atoms with Gasteiger partial charge in [0, 0.05) is 4.90 Å². The predicted molar refractivity (Wildman–Crippen MR) is 91.8 cm³/mol. The van der Waals surface area contributed by atoms with Crippen LogP contribution in [0.25, 0.3) is 0 Å². The van der Waals surface area contributed by atoms with Gasteiger partial charge in [-0.1, -0.05) is 29.8 Å². The first-order chi connectivity index (χ1) is 10.6. The lowest BCUT2D eigenvalue weighted by Gasteiger charge is -2.16. The molecule has 0 aliphatic rings. The topological polar surface area (TPSA) is 38.3 Å². The molecule has 0 bridgehead atoms. The Bertz CT molecular complexity index is 625. The fourth-order valence-electron chi connectivity index (χ4n) is 2.03. The fraction of sp³-hybridized carbons (Fsp3) is 0.278. The highest BCUT2D eigenvalue weighted by Gasteiger charge is 2.13. The molecule has 0 heterocycles. The van der Waals surface area contributed by atoms with Crippen molar-refractivity contribution in [3.8, 4) is 5.75 Å². The van der Waals surface area contributed by atoms with Gasteiger partial charge in [-0.05, 0) is 44.4 Å². The molecular formula is C18H21NO2S. The first kappa shape index (κ1) is 16.4. The van der Waals surface area contributed by atoms with Crippen molar-refractivity contribution >= 4 is 17.7 Å². The summed E-state index contributed by atoms with van der Waals surface area (Å²) in [6, 6.07) is 15.4. The van der Waals surface area contributed by atoms with Gasteiger partial charge in [-0.3, -0.25) is 4.79 Å². The smallest absolute Gasteiger partial charge is 0.252 e. The average Bonchev–Trinajstić information content (AvgIpc) is 2.54. The summed E-state index contributed by atoms with van der Waals surface area (Å²) in [5.74, 6) is 0.751. The number of rotatable bonds is 6. The van der Waals surface area contributed by atoms with E-state index in [4.69, 9.17) is 4.74 Å². The summed E-state index contributed by atoms with van der Waals surface area (Å²) in [5, 5.41) is 2.98. The molecule has 1 amide bonds. The summed E-state index contributed by atoms with van der Waals surface area (Å²) in [6.45, 7) is 4.42. The van der Waals surface area contributed by atoms with Gasteiger partial charge in [0.05, 0.1) is 11.6 Å². The van der Waals surface area contributed by atoms with E-state index in [-0.39, 0.29) is 11.9 Å². The molecule has 2 aromatic carbocycles. The molecule has 0 aliphatic carbocycles. The van der Waals surface area contributed by atoms with Crippen LogP contribution in [0.15, 0.2) is 53.4 Å². The highest BCUT2D eigenvalue weighted by Crippen LogP contribution is 2.19. The molecule has 22 heavy (non-hydrogen) atoms. The quantitative estimate of drug-likeness (QED) is 0.821. The number of carbonyl (C=O) groups is 1. The highest BCUT2D eigenvalue weighted by molar-refractivity contribution is 7.98. The van der Waals surface area contributed by atoms with Crippen LogP contribution in [0.5, 0.6) is 5.75 Å². The lowest BCUT2D eigenvalue weighted by atomic mass is 10.2. The van der Waals surface area contributed by atoms with E-state index in [0.29, 0.717) is 12.2 Å². The zero-order valence-corrected chi connectivity index (χ0v) is 13.9. The molecule has 0 spiro atoms. The lowest BCUT2D eigenvalue weighted by Crippen LogP contribution is -2.37. The van der Waals surface area contributed by atoms with Gasteiger partial charge in [0.15, 0.2) is 0 Å². The van der Waals surface area contributed by atoms with Crippen LogP contribution in [0.2, 0.25) is 0 Å². The molecule has 2 aromatic rings. The van der Waals surface area contributed by atoms with Gasteiger partial charge in [-0.15, -0.1) is 11.8 Å². The van der Waals surface area contributed by atoms with E-state index in [2.05, 4.69) is 5.32 Å². The van der Waals surface area contributed by atoms with Crippen LogP contribution in [-0.4, -0.2) is 24.8 Å². The van der Waals surface area contributed by atoms with Crippen molar-refractivity contribution in [2.24, 2.45) is 0 Å². The molecule has 1 unspecified atom stereocenters. The Morgan fingerprint density at radius 1 is 1.18 bits per heavy atom. The molecule has 1 N–H and O–H groups in total. The maximum atomic E-state index is 12.3. The van der Waals surface area contributed by atoms with E-state index in [9.17, 15) is 4.79 Å². The van der Waals surface area contributed by atoms with E-state index in [1.54, 1.807) is 11.8 Å². The van der Waals surface area contributed by atoms with E-state index in [1.807, 2.05) is 68.6 Å². The summed E-state index contributed by atoms with van der Waals surface area (Å²) < 4.78 is 5.70. The molecular weight excluding hydrogens is 294 g/mol. The van der Waals surface area contributed by atoms with Crippen molar-refractivity contribution in [2.45, 2.75) is 24.8 Å². The second-order valence-corrected chi connectivity index (χ2v) is 6.05. The van der Waals surface area contributed by atoms with Crippen LogP contribution >= 0.6 is 11.8 Å². The summed E-state index contributed by atoms with van der Waals surface area (Å²) in [6.07, 6.45) is 1.97. The Morgan fingerprint density at radius 3 is 2.55 bits per heavy atom. The van der Waals surface area contributed by atoms with Gasteiger partial charge in [0.1, 0.15) is 12.4 Å². The summed E-state index contributed by atoms with van der Waals surface area (Å²) >= 11 is 1.57. The summed E-state index contributed by atoms with van der Waals surface area (Å²) in [5.41, 5.74) is 1.90. The predicted octanol–water partition coefficient (Wildman–Crippen LogP) is 3.91. The van der Waals surface area contributed by atoms with Crippen LogP contribution < -0.4 is 10.1 Å². The van der Waals surface area contributed by atoms with E-state index in [1.165, 1.54) is 5.56 Å². The van der Waals surface area contributed by atoms with Crippen LogP contribution in [0.3, 0.4) is 0 Å². The third-order valence-electron chi connectivity index (χ3n) is 3.25. The molecule has 1 atom stereocenters. The van der Waals surface area contributed by atoms with Crippen molar-refractivity contribution in [2.75, 3.05) is 12.9 Å². The standard InChI is InChI=1S/C18H21NO2S/c1-13-8-10-15(11-9-13)21-12-14(2)19-18(20)16-6-4-5-7-17(16)22-3/h4-11,14H,12H2,1-3H3,(H,19,20). The van der Waals surface area contributed by atoms with Crippen molar-refractivity contribution in [3.05, 3.63) is 59.7 Å². The number of thioether (sulfide) groups is 1. The lowest BCUT2D eigenvalue weighted by molar-refractivity contribution is 0.0923. The van der Waals surface area contributed by atoms with Crippen LogP contribution in [-0.2, 0) is 0 Å².